The van der Waals surface area contributed by atoms with Gasteiger partial charge in [-0.2, -0.15) is 5.26 Å². The maximum Gasteiger partial charge on any atom is 0.252 e. The Hall–Kier alpha value is -2.49. The lowest BCUT2D eigenvalue weighted by Crippen LogP contribution is -2.37. The van der Waals surface area contributed by atoms with E-state index in [1.807, 2.05) is 6.07 Å². The molecular weight excluding hydrogens is 304 g/mol. The number of nitriles is 1. The SMILES string of the molecule is N#CC1(NC(=O)[CH]CC(F)(F)Cc2ccccc2C(N)=O)CC1. The molecule has 121 valence electrons. The predicted octanol–water partition coefficient (Wildman–Crippen LogP) is 1.73. The molecule has 5 nitrogen and oxygen atoms in total. The summed E-state index contributed by atoms with van der Waals surface area (Å²) in [4.78, 5) is 22.9. The molecule has 1 aliphatic rings. The summed E-state index contributed by atoms with van der Waals surface area (Å²) in [6.07, 6.45) is 0.425. The first-order valence-corrected chi connectivity index (χ1v) is 7.09. The molecule has 0 saturated heterocycles. The van der Waals surface area contributed by atoms with Crippen LogP contribution in [0.3, 0.4) is 0 Å². The van der Waals surface area contributed by atoms with Gasteiger partial charge in [-0.25, -0.2) is 8.78 Å². The van der Waals surface area contributed by atoms with Crippen molar-refractivity contribution in [2.45, 2.75) is 37.1 Å². The van der Waals surface area contributed by atoms with Crippen LogP contribution >= 0.6 is 0 Å². The van der Waals surface area contributed by atoms with Crippen LogP contribution in [-0.4, -0.2) is 23.3 Å². The minimum atomic E-state index is -3.20. The van der Waals surface area contributed by atoms with Crippen molar-refractivity contribution in [1.82, 2.24) is 5.32 Å². The molecule has 0 bridgehead atoms. The van der Waals surface area contributed by atoms with Gasteiger partial charge in [0.25, 0.3) is 5.92 Å². The third-order valence-corrected chi connectivity index (χ3v) is 3.64. The second kappa shape index (κ2) is 6.32. The highest BCUT2D eigenvalue weighted by Gasteiger charge is 2.44. The fourth-order valence-electron chi connectivity index (χ4n) is 2.18. The average molecular weight is 320 g/mol. The van der Waals surface area contributed by atoms with Crippen LogP contribution in [0.25, 0.3) is 0 Å². The first-order chi connectivity index (χ1) is 10.8. The van der Waals surface area contributed by atoms with Crippen LogP contribution in [0, 0.1) is 17.8 Å². The zero-order chi connectivity index (χ0) is 17.1. The molecule has 7 heteroatoms. The molecule has 3 N–H and O–H groups in total. The van der Waals surface area contributed by atoms with E-state index in [4.69, 9.17) is 11.0 Å². The number of hydrogen-bond acceptors (Lipinski definition) is 3. The maximum absolute atomic E-state index is 14.0. The smallest absolute Gasteiger partial charge is 0.252 e. The number of nitrogens with zero attached hydrogens (tertiary/aromatic N) is 1. The molecule has 0 aromatic heterocycles. The van der Waals surface area contributed by atoms with Gasteiger partial charge in [0.2, 0.25) is 11.8 Å². The molecule has 2 rings (SSSR count). The summed E-state index contributed by atoms with van der Waals surface area (Å²) in [5.74, 6) is -4.67. The third-order valence-electron chi connectivity index (χ3n) is 3.64. The van der Waals surface area contributed by atoms with Crippen molar-refractivity contribution in [1.29, 1.82) is 5.26 Å². The van der Waals surface area contributed by atoms with Gasteiger partial charge in [0.05, 0.1) is 12.5 Å². The summed E-state index contributed by atoms with van der Waals surface area (Å²) in [6, 6.07) is 7.82. The Morgan fingerprint density at radius 1 is 1.39 bits per heavy atom. The van der Waals surface area contributed by atoms with Crippen molar-refractivity contribution < 1.29 is 18.4 Å². The highest BCUT2D eigenvalue weighted by Crippen LogP contribution is 2.34. The largest absolute Gasteiger partial charge is 0.366 e. The first-order valence-electron chi connectivity index (χ1n) is 7.09. The minimum Gasteiger partial charge on any atom is -0.366 e. The molecule has 0 atom stereocenters. The molecule has 1 aromatic rings. The van der Waals surface area contributed by atoms with E-state index in [9.17, 15) is 18.4 Å². The van der Waals surface area contributed by atoms with Crippen molar-refractivity contribution in [3.63, 3.8) is 0 Å². The normalized spacial score (nSPS) is 15.5. The monoisotopic (exact) mass is 320 g/mol. The topological polar surface area (TPSA) is 96.0 Å². The lowest BCUT2D eigenvalue weighted by Gasteiger charge is -2.18. The molecule has 1 fully saturated rings. The van der Waals surface area contributed by atoms with Crippen LogP contribution in [0.4, 0.5) is 8.78 Å². The van der Waals surface area contributed by atoms with E-state index in [0.29, 0.717) is 12.8 Å². The summed E-state index contributed by atoms with van der Waals surface area (Å²) >= 11 is 0. The number of nitrogens with one attached hydrogen (secondary N) is 1. The van der Waals surface area contributed by atoms with Gasteiger partial charge >= 0.3 is 0 Å². The number of benzene rings is 1. The number of nitrogens with two attached hydrogens (primary N) is 1. The standard InChI is InChI=1S/C16H16F2N3O2/c17-16(18,6-5-13(22)21-15(10-19)7-8-15)9-11-3-1-2-4-12(11)14(20)23/h1-5H,6-9H2,(H2,20,23)(H,21,22). The van der Waals surface area contributed by atoms with Gasteiger partial charge in [-0.1, -0.05) is 18.2 Å². The number of amides is 2. The van der Waals surface area contributed by atoms with Crippen LogP contribution in [0.2, 0.25) is 0 Å². The molecule has 23 heavy (non-hydrogen) atoms. The summed E-state index contributed by atoms with van der Waals surface area (Å²) in [5, 5.41) is 11.3. The Morgan fingerprint density at radius 2 is 2.04 bits per heavy atom. The Balaban J connectivity index is 1.93. The zero-order valence-corrected chi connectivity index (χ0v) is 12.3. The number of rotatable bonds is 7. The first kappa shape index (κ1) is 16.9. The molecule has 0 unspecified atom stereocenters. The summed E-state index contributed by atoms with van der Waals surface area (Å²) in [7, 11) is 0. The molecular formula is C16H16F2N3O2. The van der Waals surface area contributed by atoms with E-state index in [1.54, 1.807) is 0 Å². The highest BCUT2D eigenvalue weighted by atomic mass is 19.3. The number of primary amides is 1. The molecule has 1 saturated carbocycles. The second-order valence-electron chi connectivity index (χ2n) is 5.65. The average Bonchev–Trinajstić information content (AvgIpc) is 3.25. The fraction of sp³-hybridized carbons (Fsp3) is 0.375. The van der Waals surface area contributed by atoms with Crippen molar-refractivity contribution in [3.05, 3.63) is 41.8 Å². The van der Waals surface area contributed by atoms with Crippen LogP contribution in [0.1, 0.15) is 35.2 Å². The fourth-order valence-corrected chi connectivity index (χ4v) is 2.18. The van der Waals surface area contributed by atoms with Crippen molar-refractivity contribution in [2.24, 2.45) is 5.73 Å². The van der Waals surface area contributed by atoms with E-state index >= 15 is 0 Å². The summed E-state index contributed by atoms with van der Waals surface area (Å²) in [6.45, 7) is 0. The van der Waals surface area contributed by atoms with Crippen LogP contribution in [0.5, 0.6) is 0 Å². The Morgan fingerprint density at radius 3 is 2.61 bits per heavy atom. The van der Waals surface area contributed by atoms with Crippen LogP contribution < -0.4 is 11.1 Å². The van der Waals surface area contributed by atoms with E-state index in [2.05, 4.69) is 5.32 Å². The van der Waals surface area contributed by atoms with Crippen molar-refractivity contribution >= 4 is 11.8 Å². The van der Waals surface area contributed by atoms with Crippen LogP contribution in [-0.2, 0) is 11.2 Å². The number of carbonyl (C=O) groups is 2. The molecule has 1 aliphatic carbocycles. The molecule has 1 aromatic carbocycles. The predicted molar refractivity (Wildman–Crippen MR) is 78.2 cm³/mol. The van der Waals surface area contributed by atoms with Crippen molar-refractivity contribution in [2.75, 3.05) is 0 Å². The van der Waals surface area contributed by atoms with Gasteiger partial charge in [-0.05, 0) is 24.5 Å². The van der Waals surface area contributed by atoms with Gasteiger partial charge < -0.3 is 11.1 Å². The number of hydrogen-bond donors (Lipinski definition) is 2. The minimum absolute atomic E-state index is 0.0399. The zero-order valence-electron chi connectivity index (χ0n) is 12.3. The van der Waals surface area contributed by atoms with Crippen molar-refractivity contribution in [3.8, 4) is 6.07 Å². The van der Waals surface area contributed by atoms with Crippen LogP contribution in [0.15, 0.2) is 24.3 Å². The van der Waals surface area contributed by atoms with Gasteiger partial charge in [-0.15, -0.1) is 0 Å². The molecule has 0 spiro atoms. The van der Waals surface area contributed by atoms with E-state index in [0.717, 1.165) is 6.42 Å². The highest BCUT2D eigenvalue weighted by molar-refractivity contribution is 5.94. The van der Waals surface area contributed by atoms with Gasteiger partial charge in [0.15, 0.2) is 0 Å². The Labute approximate surface area is 132 Å². The summed E-state index contributed by atoms with van der Waals surface area (Å²) < 4.78 is 28.0. The number of carbonyl (C=O) groups excluding carboxylic acids is 2. The third kappa shape index (κ3) is 4.49. The van der Waals surface area contributed by atoms with Gasteiger partial charge in [0, 0.05) is 18.4 Å². The lowest BCUT2D eigenvalue weighted by molar-refractivity contribution is -0.119. The number of halogens is 2. The molecule has 0 aliphatic heterocycles. The molecule has 0 heterocycles. The van der Waals surface area contributed by atoms with E-state index in [1.165, 1.54) is 24.3 Å². The Bertz CT molecular complexity index is 664. The van der Waals surface area contributed by atoms with Gasteiger partial charge in [0.1, 0.15) is 5.54 Å². The second-order valence-corrected chi connectivity index (χ2v) is 5.65. The summed E-state index contributed by atoms with van der Waals surface area (Å²) in [5.41, 5.74) is 4.45. The quantitative estimate of drug-likeness (QED) is 0.801. The lowest BCUT2D eigenvalue weighted by atomic mass is 9.98. The molecule has 1 radical (unpaired) electrons. The van der Waals surface area contributed by atoms with E-state index < -0.39 is 36.1 Å². The number of alkyl halides is 2. The molecule has 2 amide bonds. The van der Waals surface area contributed by atoms with Gasteiger partial charge in [-0.3, -0.25) is 9.59 Å². The Kier molecular flexibility index (Phi) is 4.64. The van der Waals surface area contributed by atoms with E-state index in [-0.39, 0.29) is 11.1 Å². The maximum atomic E-state index is 14.0.